The summed E-state index contributed by atoms with van der Waals surface area (Å²) in [4.78, 5) is 29.6. The Kier molecular flexibility index (Phi) is 5.99. The number of rotatable bonds is 4. The van der Waals surface area contributed by atoms with E-state index < -0.39 is 5.97 Å². The maximum atomic E-state index is 13.0. The van der Waals surface area contributed by atoms with Crippen molar-refractivity contribution >= 4 is 29.2 Å². The van der Waals surface area contributed by atoms with E-state index in [4.69, 9.17) is 16.3 Å². The van der Waals surface area contributed by atoms with Crippen LogP contribution < -0.4 is 5.32 Å². The second-order valence-electron chi connectivity index (χ2n) is 6.75. The van der Waals surface area contributed by atoms with Gasteiger partial charge in [0.15, 0.2) is 0 Å². The van der Waals surface area contributed by atoms with Gasteiger partial charge < -0.3 is 10.1 Å². The number of hydrogen-bond donors (Lipinski definition) is 1. The predicted molar refractivity (Wildman–Crippen MR) is 115 cm³/mol. The van der Waals surface area contributed by atoms with E-state index in [1.807, 2.05) is 38.1 Å². The van der Waals surface area contributed by atoms with Crippen molar-refractivity contribution in [3.8, 4) is 11.3 Å². The fourth-order valence-corrected chi connectivity index (χ4v) is 3.30. The van der Waals surface area contributed by atoms with Gasteiger partial charge >= 0.3 is 5.97 Å². The minimum Gasteiger partial charge on any atom is -0.465 e. The van der Waals surface area contributed by atoms with Crippen LogP contribution in [0, 0.1) is 20.8 Å². The molecule has 1 amide bonds. The summed E-state index contributed by atoms with van der Waals surface area (Å²) in [5.41, 5.74) is 5.00. The maximum Gasteiger partial charge on any atom is 0.338 e. The number of hydrogen-bond acceptors (Lipinski definition) is 4. The standard InChI is InChI=1S/C23H21ClN2O3/c1-13-8-10-18(23(28)29-4)15(3)20(13)26-22(27)21-14(2)9-11-19(25-21)16-6-5-7-17(24)12-16/h5-12H,1-4H3,(H,26,27). The second-order valence-corrected chi connectivity index (χ2v) is 7.18. The van der Waals surface area contributed by atoms with E-state index >= 15 is 0 Å². The maximum absolute atomic E-state index is 13.0. The number of nitrogens with zero attached hydrogens (tertiary/aromatic N) is 1. The van der Waals surface area contributed by atoms with Crippen LogP contribution in [0.3, 0.4) is 0 Å². The molecule has 0 aliphatic heterocycles. The highest BCUT2D eigenvalue weighted by molar-refractivity contribution is 6.30. The van der Waals surface area contributed by atoms with Crippen LogP contribution in [0.15, 0.2) is 48.5 Å². The van der Waals surface area contributed by atoms with Crippen LogP contribution in [0.1, 0.15) is 37.5 Å². The molecule has 6 heteroatoms. The number of amides is 1. The van der Waals surface area contributed by atoms with Crippen molar-refractivity contribution in [2.45, 2.75) is 20.8 Å². The fourth-order valence-electron chi connectivity index (χ4n) is 3.11. The zero-order valence-electron chi connectivity index (χ0n) is 16.7. The first kappa shape index (κ1) is 20.6. The number of halogens is 1. The van der Waals surface area contributed by atoms with E-state index in [9.17, 15) is 9.59 Å². The molecular formula is C23H21ClN2O3. The number of pyridine rings is 1. The van der Waals surface area contributed by atoms with Gasteiger partial charge in [-0.2, -0.15) is 0 Å². The van der Waals surface area contributed by atoms with Gasteiger partial charge in [-0.15, -0.1) is 0 Å². The Balaban J connectivity index is 1.98. The molecule has 0 saturated heterocycles. The molecule has 0 aliphatic carbocycles. The van der Waals surface area contributed by atoms with E-state index in [1.165, 1.54) is 7.11 Å². The number of methoxy groups -OCH3 is 1. The predicted octanol–water partition coefficient (Wildman–Crippen LogP) is 5.37. The van der Waals surface area contributed by atoms with Crippen molar-refractivity contribution in [1.29, 1.82) is 0 Å². The zero-order valence-corrected chi connectivity index (χ0v) is 17.4. The Morgan fingerprint density at radius 3 is 2.41 bits per heavy atom. The van der Waals surface area contributed by atoms with Crippen molar-refractivity contribution in [1.82, 2.24) is 4.98 Å². The Morgan fingerprint density at radius 1 is 1.00 bits per heavy atom. The molecule has 148 valence electrons. The summed E-state index contributed by atoms with van der Waals surface area (Å²) in [6, 6.07) is 14.5. The lowest BCUT2D eigenvalue weighted by molar-refractivity contribution is 0.0599. The van der Waals surface area contributed by atoms with Gasteiger partial charge in [0.25, 0.3) is 5.91 Å². The number of anilines is 1. The lowest BCUT2D eigenvalue weighted by Gasteiger charge is -2.15. The number of carbonyl (C=O) groups is 2. The fraction of sp³-hybridized carbons (Fsp3) is 0.174. The normalized spacial score (nSPS) is 10.5. The highest BCUT2D eigenvalue weighted by Gasteiger charge is 2.18. The number of nitrogens with one attached hydrogen (secondary N) is 1. The van der Waals surface area contributed by atoms with E-state index in [-0.39, 0.29) is 5.91 Å². The lowest BCUT2D eigenvalue weighted by atomic mass is 10.0. The topological polar surface area (TPSA) is 68.3 Å². The molecule has 1 heterocycles. The molecule has 0 bridgehead atoms. The molecule has 2 aromatic carbocycles. The molecule has 0 spiro atoms. The van der Waals surface area contributed by atoms with E-state index in [2.05, 4.69) is 10.3 Å². The third-order valence-electron chi connectivity index (χ3n) is 4.75. The summed E-state index contributed by atoms with van der Waals surface area (Å²) in [5, 5.41) is 3.51. The smallest absolute Gasteiger partial charge is 0.338 e. The minimum atomic E-state index is -0.449. The van der Waals surface area contributed by atoms with E-state index in [0.717, 1.165) is 16.7 Å². The van der Waals surface area contributed by atoms with Crippen LogP contribution in [-0.2, 0) is 4.74 Å². The highest BCUT2D eigenvalue weighted by Crippen LogP contribution is 2.26. The van der Waals surface area contributed by atoms with Crippen molar-refractivity contribution in [3.63, 3.8) is 0 Å². The molecule has 0 aliphatic rings. The van der Waals surface area contributed by atoms with Gasteiger partial charge in [-0.1, -0.05) is 35.9 Å². The average Bonchev–Trinajstić information content (AvgIpc) is 2.70. The van der Waals surface area contributed by atoms with E-state index in [1.54, 1.807) is 31.2 Å². The summed E-state index contributed by atoms with van der Waals surface area (Å²) >= 11 is 6.08. The SMILES string of the molecule is COC(=O)c1ccc(C)c(NC(=O)c2nc(-c3cccc(Cl)c3)ccc2C)c1C. The van der Waals surface area contributed by atoms with Crippen LogP contribution in [0.2, 0.25) is 5.02 Å². The summed E-state index contributed by atoms with van der Waals surface area (Å²) in [5.74, 6) is -0.796. The summed E-state index contributed by atoms with van der Waals surface area (Å²) in [7, 11) is 1.33. The first-order chi connectivity index (χ1) is 13.8. The quantitative estimate of drug-likeness (QED) is 0.589. The average molecular weight is 409 g/mol. The molecule has 1 N–H and O–H groups in total. The van der Waals surface area contributed by atoms with Gasteiger partial charge in [-0.05, 0) is 61.7 Å². The van der Waals surface area contributed by atoms with Crippen molar-refractivity contribution in [2.75, 3.05) is 12.4 Å². The summed E-state index contributed by atoms with van der Waals surface area (Å²) < 4.78 is 4.82. The number of aromatic nitrogens is 1. The molecule has 5 nitrogen and oxygen atoms in total. The first-order valence-electron chi connectivity index (χ1n) is 9.05. The molecule has 1 aromatic heterocycles. The van der Waals surface area contributed by atoms with Crippen molar-refractivity contribution in [3.05, 3.63) is 81.5 Å². The van der Waals surface area contributed by atoms with Gasteiger partial charge in [0.1, 0.15) is 5.69 Å². The monoisotopic (exact) mass is 408 g/mol. The Hall–Kier alpha value is -3.18. The highest BCUT2D eigenvalue weighted by atomic mass is 35.5. The number of aryl methyl sites for hydroxylation is 2. The summed E-state index contributed by atoms with van der Waals surface area (Å²) in [6.07, 6.45) is 0. The molecular weight excluding hydrogens is 388 g/mol. The van der Waals surface area contributed by atoms with Crippen LogP contribution in [0.25, 0.3) is 11.3 Å². The molecule has 0 radical (unpaired) electrons. The zero-order chi connectivity index (χ0) is 21.1. The first-order valence-corrected chi connectivity index (χ1v) is 9.43. The lowest BCUT2D eigenvalue weighted by Crippen LogP contribution is -2.18. The van der Waals surface area contributed by atoms with E-state index in [0.29, 0.717) is 33.2 Å². The Morgan fingerprint density at radius 2 is 1.72 bits per heavy atom. The number of carbonyl (C=O) groups excluding carboxylic acids is 2. The Bertz CT molecular complexity index is 1110. The number of ether oxygens (including phenoxy) is 1. The summed E-state index contributed by atoms with van der Waals surface area (Å²) in [6.45, 7) is 5.47. The van der Waals surface area contributed by atoms with Gasteiger partial charge in [0, 0.05) is 16.3 Å². The number of esters is 1. The van der Waals surface area contributed by atoms with Crippen LogP contribution in [0.4, 0.5) is 5.69 Å². The molecule has 29 heavy (non-hydrogen) atoms. The third-order valence-corrected chi connectivity index (χ3v) is 4.98. The molecule has 0 atom stereocenters. The van der Waals surface area contributed by atoms with Crippen molar-refractivity contribution in [2.24, 2.45) is 0 Å². The van der Waals surface area contributed by atoms with Gasteiger partial charge in [0.2, 0.25) is 0 Å². The van der Waals surface area contributed by atoms with Gasteiger partial charge in [-0.25, -0.2) is 9.78 Å². The van der Waals surface area contributed by atoms with Crippen LogP contribution in [-0.4, -0.2) is 24.0 Å². The largest absolute Gasteiger partial charge is 0.465 e. The van der Waals surface area contributed by atoms with Crippen molar-refractivity contribution < 1.29 is 14.3 Å². The van der Waals surface area contributed by atoms with Crippen LogP contribution in [0.5, 0.6) is 0 Å². The van der Waals surface area contributed by atoms with Gasteiger partial charge in [-0.3, -0.25) is 4.79 Å². The molecule has 3 rings (SSSR count). The Labute approximate surface area is 174 Å². The number of benzene rings is 2. The third kappa shape index (κ3) is 4.30. The molecule has 3 aromatic rings. The minimum absolute atomic E-state index is 0.310. The van der Waals surface area contributed by atoms with Gasteiger partial charge in [0.05, 0.1) is 18.4 Å². The van der Waals surface area contributed by atoms with Crippen LogP contribution >= 0.6 is 11.6 Å². The second kappa shape index (κ2) is 8.45. The molecule has 0 unspecified atom stereocenters. The molecule has 0 saturated carbocycles. The molecule has 0 fully saturated rings.